The molecule has 0 bridgehead atoms. The fraction of sp³-hybridized carbons (Fsp3) is 0. The van der Waals surface area contributed by atoms with Crippen molar-refractivity contribution in [3.63, 3.8) is 0 Å². The summed E-state index contributed by atoms with van der Waals surface area (Å²) in [6.45, 7) is 3.72. The van der Waals surface area contributed by atoms with Gasteiger partial charge in [-0.15, -0.1) is 0 Å². The zero-order chi connectivity index (χ0) is 8.39. The zero-order valence-corrected chi connectivity index (χ0v) is 6.62. The highest BCUT2D eigenvalue weighted by molar-refractivity contribution is 5.54. The Balaban J connectivity index is 2.45. The van der Waals surface area contributed by atoms with Crippen LogP contribution >= 0.6 is 0 Å². The number of imidazole rings is 1. The molecule has 0 aliphatic heterocycles. The van der Waals surface area contributed by atoms with Crippen LogP contribution in [0, 0.1) is 6.92 Å². The molecule has 1 heterocycles. The predicted molar refractivity (Wildman–Crippen MR) is 48.5 cm³/mol. The fourth-order valence-corrected chi connectivity index (χ4v) is 1.10. The van der Waals surface area contributed by atoms with Crippen molar-refractivity contribution in [3.05, 3.63) is 49.1 Å². The summed E-state index contributed by atoms with van der Waals surface area (Å²) in [5.41, 5.74) is 1.86. The molecule has 1 aromatic carbocycles. The molecule has 0 aliphatic carbocycles. The van der Waals surface area contributed by atoms with Gasteiger partial charge in [-0.05, 0) is 6.92 Å². The Labute approximate surface area is 71.3 Å². The van der Waals surface area contributed by atoms with Crippen LogP contribution in [0.2, 0.25) is 0 Å². The summed E-state index contributed by atoms with van der Waals surface area (Å²) >= 11 is 0. The van der Waals surface area contributed by atoms with E-state index in [1.807, 2.05) is 30.3 Å². The van der Waals surface area contributed by atoms with E-state index in [2.05, 4.69) is 16.9 Å². The molecule has 1 N–H and O–H groups in total. The lowest BCUT2D eigenvalue weighted by atomic mass is 10.2. The molecule has 2 rings (SSSR count). The number of hydrogen-bond acceptors (Lipinski definition) is 1. The van der Waals surface area contributed by atoms with Crippen LogP contribution in [0.15, 0.2) is 36.5 Å². The molecule has 2 nitrogen and oxygen atoms in total. The lowest BCUT2D eigenvalue weighted by Gasteiger charge is -1.93. The number of aromatic nitrogens is 2. The van der Waals surface area contributed by atoms with E-state index >= 15 is 0 Å². The monoisotopic (exact) mass is 157 g/mol. The summed E-state index contributed by atoms with van der Waals surface area (Å²) in [7, 11) is 0. The maximum atomic E-state index is 4.21. The number of nitrogens with zero attached hydrogens (tertiary/aromatic N) is 1. The molecule has 12 heavy (non-hydrogen) atoms. The van der Waals surface area contributed by atoms with Gasteiger partial charge >= 0.3 is 0 Å². The Kier molecular flexibility index (Phi) is 1.67. The second-order valence-electron chi connectivity index (χ2n) is 2.61. The summed E-state index contributed by atoms with van der Waals surface area (Å²) in [5.74, 6) is 0.876. The van der Waals surface area contributed by atoms with E-state index in [9.17, 15) is 0 Å². The quantitative estimate of drug-likeness (QED) is 0.675. The predicted octanol–water partition coefficient (Wildman–Crippen LogP) is 2.26. The van der Waals surface area contributed by atoms with Gasteiger partial charge in [0, 0.05) is 11.8 Å². The first kappa shape index (κ1) is 7.10. The first-order chi connectivity index (χ1) is 5.86. The number of nitrogens with one attached hydrogen (secondary N) is 1. The maximum absolute atomic E-state index is 4.21. The zero-order valence-electron chi connectivity index (χ0n) is 6.62. The second kappa shape index (κ2) is 2.81. The summed E-state index contributed by atoms with van der Waals surface area (Å²) in [4.78, 5) is 7.26. The van der Waals surface area contributed by atoms with Crippen molar-refractivity contribution < 1.29 is 0 Å². The molecule has 0 atom stereocenters. The molecule has 2 heteroatoms. The average molecular weight is 157 g/mol. The van der Waals surface area contributed by atoms with Gasteiger partial charge in [-0.3, -0.25) is 0 Å². The van der Waals surface area contributed by atoms with Crippen LogP contribution in [0.1, 0.15) is 5.69 Å². The number of aromatic amines is 1. The molecule has 0 spiro atoms. The van der Waals surface area contributed by atoms with Crippen molar-refractivity contribution in [3.8, 4) is 11.4 Å². The maximum Gasteiger partial charge on any atom is 0.137 e. The van der Waals surface area contributed by atoms with Gasteiger partial charge < -0.3 is 4.98 Å². The van der Waals surface area contributed by atoms with E-state index < -0.39 is 0 Å². The van der Waals surface area contributed by atoms with E-state index in [0.717, 1.165) is 17.1 Å². The molecule has 0 fully saturated rings. The van der Waals surface area contributed by atoms with Gasteiger partial charge in [-0.2, -0.15) is 0 Å². The van der Waals surface area contributed by atoms with E-state index in [-0.39, 0.29) is 0 Å². The molecule has 0 amide bonds. The van der Waals surface area contributed by atoms with Gasteiger partial charge in [0.1, 0.15) is 5.82 Å². The fourth-order valence-electron chi connectivity index (χ4n) is 1.10. The first-order valence-electron chi connectivity index (χ1n) is 3.79. The minimum Gasteiger partial charge on any atom is -0.344 e. The molecule has 59 valence electrons. The first-order valence-corrected chi connectivity index (χ1v) is 3.79. The smallest absolute Gasteiger partial charge is 0.137 e. The van der Waals surface area contributed by atoms with Crippen LogP contribution in [0.25, 0.3) is 11.4 Å². The Hall–Kier alpha value is -1.57. The van der Waals surface area contributed by atoms with Crippen molar-refractivity contribution in [2.45, 2.75) is 0 Å². The van der Waals surface area contributed by atoms with Gasteiger partial charge in [0.15, 0.2) is 0 Å². The summed E-state index contributed by atoms with van der Waals surface area (Å²) in [6.07, 6.45) is 1.79. The molecule has 2 aromatic rings. The van der Waals surface area contributed by atoms with Crippen LogP contribution < -0.4 is 0 Å². The molecular formula is C10H9N2. The van der Waals surface area contributed by atoms with Gasteiger partial charge in [0.25, 0.3) is 0 Å². The van der Waals surface area contributed by atoms with Crippen molar-refractivity contribution in [2.24, 2.45) is 0 Å². The van der Waals surface area contributed by atoms with Crippen LogP contribution in [0.4, 0.5) is 0 Å². The molecule has 0 saturated heterocycles. The van der Waals surface area contributed by atoms with Gasteiger partial charge in [-0.1, -0.05) is 30.3 Å². The van der Waals surface area contributed by atoms with Gasteiger partial charge in [0.05, 0.1) is 5.69 Å². The normalized spacial score (nSPS) is 10.1. The van der Waals surface area contributed by atoms with E-state index in [1.54, 1.807) is 6.20 Å². The van der Waals surface area contributed by atoms with Crippen LogP contribution in [-0.4, -0.2) is 9.97 Å². The standard InChI is InChI=1S/C10H9N2/c1-8-7-11-10(12-8)9-5-3-2-4-6-9/h2-7H,1H2,(H,11,12). The summed E-state index contributed by atoms with van der Waals surface area (Å²) in [5, 5.41) is 0. The Morgan fingerprint density at radius 2 is 1.92 bits per heavy atom. The van der Waals surface area contributed by atoms with Crippen molar-refractivity contribution >= 4 is 0 Å². The average Bonchev–Trinajstić information content (AvgIpc) is 2.54. The number of benzene rings is 1. The third-order valence-corrected chi connectivity index (χ3v) is 1.68. The van der Waals surface area contributed by atoms with Crippen LogP contribution in [0.3, 0.4) is 0 Å². The number of rotatable bonds is 1. The highest BCUT2D eigenvalue weighted by atomic mass is 14.9. The van der Waals surface area contributed by atoms with Crippen LogP contribution in [0.5, 0.6) is 0 Å². The van der Waals surface area contributed by atoms with Crippen molar-refractivity contribution in [1.29, 1.82) is 0 Å². The lowest BCUT2D eigenvalue weighted by Crippen LogP contribution is -1.78. The second-order valence-corrected chi connectivity index (χ2v) is 2.61. The molecule has 0 saturated carbocycles. The SMILES string of the molecule is [CH2]c1c[nH]c(-c2ccccc2)n1. The largest absolute Gasteiger partial charge is 0.344 e. The molecular weight excluding hydrogens is 148 g/mol. The highest BCUT2D eigenvalue weighted by Gasteiger charge is 1.98. The third kappa shape index (κ3) is 1.23. The Morgan fingerprint density at radius 1 is 1.17 bits per heavy atom. The van der Waals surface area contributed by atoms with E-state index in [0.29, 0.717) is 0 Å². The Morgan fingerprint density at radius 3 is 2.50 bits per heavy atom. The lowest BCUT2D eigenvalue weighted by molar-refractivity contribution is 1.29. The van der Waals surface area contributed by atoms with E-state index in [1.165, 1.54) is 0 Å². The van der Waals surface area contributed by atoms with Crippen molar-refractivity contribution in [2.75, 3.05) is 0 Å². The Bertz CT molecular complexity index is 362. The molecule has 0 aliphatic rings. The van der Waals surface area contributed by atoms with Gasteiger partial charge in [0.2, 0.25) is 0 Å². The topological polar surface area (TPSA) is 28.7 Å². The summed E-state index contributed by atoms with van der Waals surface area (Å²) < 4.78 is 0. The molecule has 0 unspecified atom stereocenters. The molecule has 1 radical (unpaired) electrons. The van der Waals surface area contributed by atoms with E-state index in [4.69, 9.17) is 0 Å². The third-order valence-electron chi connectivity index (χ3n) is 1.68. The minimum atomic E-state index is 0.772. The summed E-state index contributed by atoms with van der Waals surface area (Å²) in [6, 6.07) is 9.98. The number of H-pyrrole nitrogens is 1. The number of hydrogen-bond donors (Lipinski definition) is 1. The van der Waals surface area contributed by atoms with Crippen molar-refractivity contribution in [1.82, 2.24) is 9.97 Å². The van der Waals surface area contributed by atoms with Crippen LogP contribution in [-0.2, 0) is 0 Å². The van der Waals surface area contributed by atoms with Gasteiger partial charge in [-0.25, -0.2) is 4.98 Å². The molecule has 1 aromatic heterocycles. The minimum absolute atomic E-state index is 0.772. The highest BCUT2D eigenvalue weighted by Crippen LogP contribution is 2.13.